The Hall–Kier alpha value is -2.95. The minimum absolute atomic E-state index is 0.174. The van der Waals surface area contributed by atoms with Crippen molar-refractivity contribution < 1.29 is 9.13 Å². The molecular formula is C19H16FN3O. The van der Waals surface area contributed by atoms with Gasteiger partial charge in [0.1, 0.15) is 11.4 Å². The first-order chi connectivity index (χ1) is 11.8. The quantitative estimate of drug-likeness (QED) is 0.795. The summed E-state index contributed by atoms with van der Waals surface area (Å²) in [5.41, 5.74) is 1.44. The summed E-state index contributed by atoms with van der Waals surface area (Å²) in [6.07, 6.45) is 2.70. The first-order valence-electron chi connectivity index (χ1n) is 7.91. The average molecular weight is 321 g/mol. The number of fused-ring (bicyclic) bond motifs is 1. The molecule has 4 rings (SSSR count). The van der Waals surface area contributed by atoms with Gasteiger partial charge in [-0.2, -0.15) is 0 Å². The topological polar surface area (TPSA) is 46.5 Å². The second-order valence-electron chi connectivity index (χ2n) is 5.59. The van der Waals surface area contributed by atoms with Crippen molar-refractivity contribution in [1.29, 1.82) is 0 Å². The standard InChI is InChI=1S/C19H16FN3O/c20-15-12-14(19-22-10-3-11-23-19)7-8-16(15)24-17-6-1-4-13-5-2-9-21-18(13)17/h1-2,4-9,12H,3,10-11H2,(H,22,23). The van der Waals surface area contributed by atoms with Crippen LogP contribution in [0.2, 0.25) is 0 Å². The summed E-state index contributed by atoms with van der Waals surface area (Å²) in [5.74, 6) is 1.02. The van der Waals surface area contributed by atoms with E-state index in [4.69, 9.17) is 4.74 Å². The van der Waals surface area contributed by atoms with Gasteiger partial charge in [0.25, 0.3) is 0 Å². The molecule has 0 radical (unpaired) electrons. The number of aliphatic imine (C=N–C) groups is 1. The van der Waals surface area contributed by atoms with E-state index in [2.05, 4.69) is 15.3 Å². The van der Waals surface area contributed by atoms with Crippen LogP contribution in [0.25, 0.3) is 10.9 Å². The molecule has 2 aromatic carbocycles. The molecule has 0 atom stereocenters. The van der Waals surface area contributed by atoms with Crippen LogP contribution in [0, 0.1) is 5.82 Å². The predicted molar refractivity (Wildman–Crippen MR) is 92.2 cm³/mol. The van der Waals surface area contributed by atoms with Gasteiger partial charge >= 0.3 is 0 Å². The van der Waals surface area contributed by atoms with Gasteiger partial charge in [-0.1, -0.05) is 18.2 Å². The first kappa shape index (κ1) is 14.6. The van der Waals surface area contributed by atoms with Crippen LogP contribution in [0.4, 0.5) is 4.39 Å². The number of nitrogens with one attached hydrogen (secondary N) is 1. The molecule has 0 unspecified atom stereocenters. The van der Waals surface area contributed by atoms with Crippen molar-refractivity contribution in [2.45, 2.75) is 6.42 Å². The molecule has 4 nitrogen and oxygen atoms in total. The number of nitrogens with zero attached hydrogens (tertiary/aromatic N) is 2. The van der Waals surface area contributed by atoms with Gasteiger partial charge in [0, 0.05) is 30.2 Å². The highest BCUT2D eigenvalue weighted by molar-refractivity contribution is 5.99. The maximum atomic E-state index is 14.5. The van der Waals surface area contributed by atoms with Crippen molar-refractivity contribution in [1.82, 2.24) is 10.3 Å². The number of halogens is 1. The summed E-state index contributed by atoms with van der Waals surface area (Å²) in [5, 5.41) is 4.14. The maximum Gasteiger partial charge on any atom is 0.166 e. The second-order valence-corrected chi connectivity index (χ2v) is 5.59. The van der Waals surface area contributed by atoms with Crippen molar-refractivity contribution in [2.24, 2.45) is 4.99 Å². The van der Waals surface area contributed by atoms with Gasteiger partial charge in [-0.25, -0.2) is 4.39 Å². The van der Waals surface area contributed by atoms with Gasteiger partial charge in [-0.15, -0.1) is 0 Å². The van der Waals surface area contributed by atoms with Crippen LogP contribution in [0.3, 0.4) is 0 Å². The molecule has 0 saturated heterocycles. The molecular weight excluding hydrogens is 305 g/mol. The van der Waals surface area contributed by atoms with Crippen molar-refractivity contribution in [2.75, 3.05) is 13.1 Å². The highest BCUT2D eigenvalue weighted by atomic mass is 19.1. The van der Waals surface area contributed by atoms with Gasteiger partial charge in [0.2, 0.25) is 0 Å². The SMILES string of the molecule is Fc1cc(C2=NCCCN2)ccc1Oc1cccc2cccnc12. The molecule has 24 heavy (non-hydrogen) atoms. The zero-order valence-corrected chi connectivity index (χ0v) is 13.0. The fraction of sp³-hybridized carbons (Fsp3) is 0.158. The molecule has 0 spiro atoms. The van der Waals surface area contributed by atoms with Crippen molar-refractivity contribution in [3.63, 3.8) is 0 Å². The van der Waals surface area contributed by atoms with Crippen LogP contribution in [-0.4, -0.2) is 23.9 Å². The summed E-state index contributed by atoms with van der Waals surface area (Å²) < 4.78 is 20.2. The molecule has 0 fully saturated rings. The Morgan fingerprint density at radius 3 is 2.79 bits per heavy atom. The van der Waals surface area contributed by atoms with Crippen LogP contribution in [-0.2, 0) is 0 Å². The van der Waals surface area contributed by atoms with E-state index in [1.54, 1.807) is 18.3 Å². The molecule has 0 bridgehead atoms. The molecule has 1 aliphatic rings. The van der Waals surface area contributed by atoms with Gasteiger partial charge in [0.05, 0.1) is 0 Å². The van der Waals surface area contributed by atoms with E-state index in [0.717, 1.165) is 36.3 Å². The zero-order valence-electron chi connectivity index (χ0n) is 13.0. The second kappa shape index (κ2) is 6.28. The lowest BCUT2D eigenvalue weighted by Crippen LogP contribution is -2.30. The highest BCUT2D eigenvalue weighted by Crippen LogP contribution is 2.30. The summed E-state index contributed by atoms with van der Waals surface area (Å²) >= 11 is 0. The number of ether oxygens (including phenoxy) is 1. The van der Waals surface area contributed by atoms with E-state index in [1.165, 1.54) is 6.07 Å². The average Bonchev–Trinajstić information content (AvgIpc) is 2.64. The number of para-hydroxylation sites is 1. The lowest BCUT2D eigenvalue weighted by molar-refractivity contribution is 0.445. The monoisotopic (exact) mass is 321 g/mol. The number of aromatic nitrogens is 1. The molecule has 1 N–H and O–H groups in total. The summed E-state index contributed by atoms with van der Waals surface area (Å²) in [6.45, 7) is 1.63. The molecule has 5 heteroatoms. The fourth-order valence-corrected chi connectivity index (χ4v) is 2.73. The Labute approximate surface area is 139 Å². The third-order valence-electron chi connectivity index (χ3n) is 3.92. The summed E-state index contributed by atoms with van der Waals surface area (Å²) in [7, 11) is 0. The van der Waals surface area contributed by atoms with Crippen LogP contribution < -0.4 is 10.1 Å². The van der Waals surface area contributed by atoms with E-state index in [-0.39, 0.29) is 5.75 Å². The molecule has 1 aliphatic heterocycles. The minimum atomic E-state index is -0.421. The smallest absolute Gasteiger partial charge is 0.166 e. The van der Waals surface area contributed by atoms with E-state index in [1.807, 2.05) is 30.3 Å². The van der Waals surface area contributed by atoms with Crippen LogP contribution in [0.15, 0.2) is 59.7 Å². The number of pyridine rings is 1. The van der Waals surface area contributed by atoms with E-state index in [0.29, 0.717) is 11.3 Å². The number of hydrogen-bond donors (Lipinski definition) is 1. The number of rotatable bonds is 3. The third-order valence-corrected chi connectivity index (χ3v) is 3.92. The molecule has 0 saturated carbocycles. The third kappa shape index (κ3) is 2.80. The van der Waals surface area contributed by atoms with Crippen LogP contribution in [0.1, 0.15) is 12.0 Å². The van der Waals surface area contributed by atoms with Gasteiger partial charge in [-0.3, -0.25) is 9.98 Å². The van der Waals surface area contributed by atoms with Gasteiger partial charge < -0.3 is 10.1 Å². The molecule has 0 amide bonds. The van der Waals surface area contributed by atoms with E-state index in [9.17, 15) is 4.39 Å². The first-order valence-corrected chi connectivity index (χ1v) is 7.91. The van der Waals surface area contributed by atoms with Crippen molar-refractivity contribution >= 4 is 16.7 Å². The lowest BCUT2D eigenvalue weighted by atomic mass is 10.1. The van der Waals surface area contributed by atoms with Gasteiger partial charge in [0.15, 0.2) is 17.3 Å². The Bertz CT molecular complexity index is 918. The Balaban J connectivity index is 1.66. The Morgan fingerprint density at radius 2 is 1.96 bits per heavy atom. The van der Waals surface area contributed by atoms with Crippen LogP contribution >= 0.6 is 0 Å². The minimum Gasteiger partial charge on any atom is -0.452 e. The lowest BCUT2D eigenvalue weighted by Gasteiger charge is -2.15. The zero-order chi connectivity index (χ0) is 16.4. The van der Waals surface area contributed by atoms with Crippen molar-refractivity contribution in [3.8, 4) is 11.5 Å². The van der Waals surface area contributed by atoms with E-state index < -0.39 is 5.82 Å². The molecule has 3 aromatic rings. The molecule has 2 heterocycles. The largest absolute Gasteiger partial charge is 0.452 e. The number of benzene rings is 2. The van der Waals surface area contributed by atoms with Gasteiger partial charge in [-0.05, 0) is 36.8 Å². The fourth-order valence-electron chi connectivity index (χ4n) is 2.73. The van der Waals surface area contributed by atoms with Crippen LogP contribution in [0.5, 0.6) is 11.5 Å². The predicted octanol–water partition coefficient (Wildman–Crippen LogP) is 3.91. The highest BCUT2D eigenvalue weighted by Gasteiger charge is 2.13. The maximum absolute atomic E-state index is 14.5. The molecule has 0 aliphatic carbocycles. The molecule has 120 valence electrons. The number of hydrogen-bond acceptors (Lipinski definition) is 4. The van der Waals surface area contributed by atoms with Crippen molar-refractivity contribution in [3.05, 3.63) is 66.1 Å². The molecule has 1 aromatic heterocycles. The normalized spacial score (nSPS) is 14.1. The Morgan fingerprint density at radius 1 is 1.04 bits per heavy atom. The Kier molecular flexibility index (Phi) is 3.83. The van der Waals surface area contributed by atoms with E-state index >= 15 is 0 Å². The number of amidine groups is 1. The summed E-state index contributed by atoms with van der Waals surface area (Å²) in [4.78, 5) is 8.70. The summed E-state index contributed by atoms with van der Waals surface area (Å²) in [6, 6.07) is 14.3.